The van der Waals surface area contributed by atoms with Gasteiger partial charge in [0.1, 0.15) is 0 Å². The first kappa shape index (κ1) is 18.3. The zero-order valence-corrected chi connectivity index (χ0v) is 14.9. The van der Waals surface area contributed by atoms with Crippen molar-refractivity contribution in [3.8, 4) is 0 Å². The van der Waals surface area contributed by atoms with Gasteiger partial charge in [-0.15, -0.1) is 0 Å². The minimum absolute atomic E-state index is 0.0377. The maximum absolute atomic E-state index is 12.4. The molecule has 24 heavy (non-hydrogen) atoms. The number of piperidine rings is 1. The van der Waals surface area contributed by atoms with Gasteiger partial charge in [-0.1, -0.05) is 12.1 Å². The van der Waals surface area contributed by atoms with Gasteiger partial charge < -0.3 is 15.5 Å². The van der Waals surface area contributed by atoms with Gasteiger partial charge in [-0.05, 0) is 43.6 Å². The topological polar surface area (TPSA) is 69.9 Å². The van der Waals surface area contributed by atoms with Crippen molar-refractivity contribution >= 4 is 17.5 Å². The molecule has 6 heteroatoms. The van der Waals surface area contributed by atoms with Crippen LogP contribution in [0.2, 0.25) is 0 Å². The first-order chi connectivity index (χ1) is 11.4. The number of benzene rings is 1. The van der Waals surface area contributed by atoms with Crippen molar-refractivity contribution in [2.75, 3.05) is 45.7 Å². The first-order valence-electron chi connectivity index (χ1n) is 8.38. The average Bonchev–Trinajstić information content (AvgIpc) is 2.55. The molecule has 0 radical (unpaired) electrons. The largest absolute Gasteiger partial charge is 0.378 e. The fraction of sp³-hybridized carbons (Fsp3) is 0.556. The molecule has 0 bridgehead atoms. The third-order valence-electron chi connectivity index (χ3n) is 4.65. The summed E-state index contributed by atoms with van der Waals surface area (Å²) in [5.41, 5.74) is 7.60. The fourth-order valence-electron chi connectivity index (χ4n) is 2.95. The van der Waals surface area contributed by atoms with Crippen molar-refractivity contribution in [3.63, 3.8) is 0 Å². The second kappa shape index (κ2) is 8.15. The molecule has 1 fully saturated rings. The van der Waals surface area contributed by atoms with Gasteiger partial charge in [-0.2, -0.15) is 0 Å². The van der Waals surface area contributed by atoms with Crippen molar-refractivity contribution in [1.82, 2.24) is 9.80 Å². The van der Waals surface area contributed by atoms with Crippen LogP contribution in [0, 0.1) is 5.92 Å². The molecule has 132 valence electrons. The van der Waals surface area contributed by atoms with Crippen LogP contribution >= 0.6 is 0 Å². The Labute approximate surface area is 144 Å². The minimum atomic E-state index is -0.223. The molecule has 0 saturated carbocycles. The van der Waals surface area contributed by atoms with E-state index >= 15 is 0 Å². The summed E-state index contributed by atoms with van der Waals surface area (Å²) in [6.45, 7) is 2.51. The SMILES string of the molecule is CN(Cc1ccc(N(C)C)cc1)C(=O)CN1CCC(C(N)=O)CC1. The summed E-state index contributed by atoms with van der Waals surface area (Å²) in [4.78, 5) is 29.5. The molecule has 1 heterocycles. The molecule has 1 aromatic rings. The zero-order valence-electron chi connectivity index (χ0n) is 14.9. The summed E-state index contributed by atoms with van der Waals surface area (Å²) < 4.78 is 0. The highest BCUT2D eigenvalue weighted by molar-refractivity contribution is 5.78. The lowest BCUT2D eigenvalue weighted by Gasteiger charge is -2.31. The highest BCUT2D eigenvalue weighted by Crippen LogP contribution is 2.17. The fourth-order valence-corrected chi connectivity index (χ4v) is 2.95. The van der Waals surface area contributed by atoms with E-state index in [4.69, 9.17) is 5.73 Å². The Hall–Kier alpha value is -2.08. The van der Waals surface area contributed by atoms with Crippen molar-refractivity contribution in [3.05, 3.63) is 29.8 Å². The number of carbonyl (C=O) groups is 2. The summed E-state index contributed by atoms with van der Waals surface area (Å²) >= 11 is 0. The van der Waals surface area contributed by atoms with Gasteiger partial charge in [0.15, 0.2) is 0 Å². The summed E-state index contributed by atoms with van der Waals surface area (Å²) in [6.07, 6.45) is 1.50. The van der Waals surface area contributed by atoms with Crippen LogP contribution in [0.4, 0.5) is 5.69 Å². The number of amides is 2. The standard InChI is InChI=1S/C18H28N4O2/c1-20(2)16-6-4-14(5-7-16)12-21(3)17(23)13-22-10-8-15(9-11-22)18(19)24/h4-7,15H,8-13H2,1-3H3,(H2,19,24). The highest BCUT2D eigenvalue weighted by atomic mass is 16.2. The summed E-state index contributed by atoms with van der Waals surface area (Å²) in [5.74, 6) is -0.159. The summed E-state index contributed by atoms with van der Waals surface area (Å²) in [6, 6.07) is 8.22. The highest BCUT2D eigenvalue weighted by Gasteiger charge is 2.24. The van der Waals surface area contributed by atoms with Crippen LogP contribution < -0.4 is 10.6 Å². The van der Waals surface area contributed by atoms with E-state index in [0.717, 1.165) is 37.2 Å². The van der Waals surface area contributed by atoms with Crippen LogP contribution in [0.3, 0.4) is 0 Å². The number of nitrogens with zero attached hydrogens (tertiary/aromatic N) is 3. The van der Waals surface area contributed by atoms with Crippen molar-refractivity contribution in [2.24, 2.45) is 11.7 Å². The molecule has 0 atom stereocenters. The molecule has 1 saturated heterocycles. The Morgan fingerprint density at radius 2 is 1.71 bits per heavy atom. The first-order valence-corrected chi connectivity index (χ1v) is 8.38. The quantitative estimate of drug-likeness (QED) is 0.841. The molecular formula is C18H28N4O2. The molecule has 1 aromatic carbocycles. The number of rotatable bonds is 6. The molecule has 2 N–H and O–H groups in total. The van der Waals surface area contributed by atoms with Crippen LogP contribution in [-0.2, 0) is 16.1 Å². The number of likely N-dealkylation sites (tertiary alicyclic amines) is 1. The van der Waals surface area contributed by atoms with E-state index in [1.54, 1.807) is 4.90 Å². The number of primary amides is 1. The van der Waals surface area contributed by atoms with Gasteiger partial charge >= 0.3 is 0 Å². The van der Waals surface area contributed by atoms with Crippen LogP contribution in [0.1, 0.15) is 18.4 Å². The Kier molecular flexibility index (Phi) is 6.20. The van der Waals surface area contributed by atoms with Crippen LogP contribution in [0.25, 0.3) is 0 Å². The molecular weight excluding hydrogens is 304 g/mol. The second-order valence-corrected chi connectivity index (χ2v) is 6.76. The van der Waals surface area contributed by atoms with Gasteiger partial charge in [0.05, 0.1) is 6.54 Å². The van der Waals surface area contributed by atoms with E-state index in [9.17, 15) is 9.59 Å². The van der Waals surface area contributed by atoms with Crippen molar-refractivity contribution in [2.45, 2.75) is 19.4 Å². The molecule has 0 aromatic heterocycles. The van der Waals surface area contributed by atoms with E-state index in [0.29, 0.717) is 13.1 Å². The maximum atomic E-state index is 12.4. The van der Waals surface area contributed by atoms with Gasteiger partial charge in [0.25, 0.3) is 0 Å². The maximum Gasteiger partial charge on any atom is 0.236 e. The van der Waals surface area contributed by atoms with E-state index in [1.807, 2.05) is 26.0 Å². The van der Waals surface area contributed by atoms with Crippen LogP contribution in [-0.4, -0.2) is 62.4 Å². The molecule has 0 spiro atoms. The monoisotopic (exact) mass is 332 g/mol. The Morgan fingerprint density at radius 3 is 2.21 bits per heavy atom. The van der Waals surface area contributed by atoms with E-state index in [2.05, 4.69) is 29.2 Å². The molecule has 1 aliphatic heterocycles. The zero-order chi connectivity index (χ0) is 17.7. The van der Waals surface area contributed by atoms with Gasteiger partial charge in [-0.3, -0.25) is 14.5 Å². The Morgan fingerprint density at radius 1 is 1.12 bits per heavy atom. The summed E-state index contributed by atoms with van der Waals surface area (Å²) in [7, 11) is 5.84. The van der Waals surface area contributed by atoms with Gasteiger partial charge in [0.2, 0.25) is 11.8 Å². The Bertz CT molecular complexity index is 563. The third kappa shape index (κ3) is 4.96. The minimum Gasteiger partial charge on any atom is -0.378 e. The Balaban J connectivity index is 1.81. The molecule has 0 aliphatic carbocycles. The third-order valence-corrected chi connectivity index (χ3v) is 4.65. The van der Waals surface area contributed by atoms with E-state index < -0.39 is 0 Å². The lowest BCUT2D eigenvalue weighted by atomic mass is 9.96. The number of carbonyl (C=O) groups excluding carboxylic acids is 2. The van der Waals surface area contributed by atoms with E-state index in [-0.39, 0.29) is 17.7 Å². The number of nitrogens with two attached hydrogens (primary N) is 1. The van der Waals surface area contributed by atoms with Gasteiger partial charge in [0, 0.05) is 39.3 Å². The second-order valence-electron chi connectivity index (χ2n) is 6.76. The predicted octanol–water partition coefficient (Wildman–Crippen LogP) is 0.908. The molecule has 6 nitrogen and oxygen atoms in total. The van der Waals surface area contributed by atoms with E-state index in [1.165, 1.54) is 0 Å². The smallest absolute Gasteiger partial charge is 0.236 e. The lowest BCUT2D eigenvalue weighted by Crippen LogP contribution is -2.43. The average molecular weight is 332 g/mol. The number of likely N-dealkylation sites (N-methyl/N-ethyl adjacent to an activating group) is 1. The number of hydrogen-bond acceptors (Lipinski definition) is 4. The number of hydrogen-bond donors (Lipinski definition) is 1. The van der Waals surface area contributed by atoms with Crippen molar-refractivity contribution in [1.29, 1.82) is 0 Å². The lowest BCUT2D eigenvalue weighted by molar-refractivity contribution is -0.132. The van der Waals surface area contributed by atoms with Gasteiger partial charge in [-0.25, -0.2) is 0 Å². The molecule has 2 amide bonds. The summed E-state index contributed by atoms with van der Waals surface area (Å²) in [5, 5.41) is 0. The molecule has 0 unspecified atom stereocenters. The van der Waals surface area contributed by atoms with Crippen molar-refractivity contribution < 1.29 is 9.59 Å². The molecule has 1 aliphatic rings. The van der Waals surface area contributed by atoms with Crippen LogP contribution in [0.15, 0.2) is 24.3 Å². The molecule has 2 rings (SSSR count). The predicted molar refractivity (Wildman–Crippen MR) is 95.6 cm³/mol. The van der Waals surface area contributed by atoms with Crippen LogP contribution in [0.5, 0.6) is 0 Å². The number of anilines is 1. The normalized spacial score (nSPS) is 16.0.